The van der Waals surface area contributed by atoms with E-state index >= 15 is 0 Å². The van der Waals surface area contributed by atoms with Gasteiger partial charge >= 0.3 is 0 Å². The molecule has 1 rings (SSSR count). The van der Waals surface area contributed by atoms with E-state index in [-0.39, 0.29) is 16.2 Å². The van der Waals surface area contributed by atoms with Gasteiger partial charge in [-0.3, -0.25) is 0 Å². The highest BCUT2D eigenvalue weighted by atomic mass is 35.5. The highest BCUT2D eigenvalue weighted by Crippen LogP contribution is 2.47. The van der Waals surface area contributed by atoms with E-state index in [0.717, 1.165) is 5.56 Å². The second-order valence-electron chi connectivity index (χ2n) is 4.57. The van der Waals surface area contributed by atoms with Gasteiger partial charge in [0.15, 0.2) is 0 Å². The van der Waals surface area contributed by atoms with Crippen molar-refractivity contribution < 1.29 is 14.6 Å². The van der Waals surface area contributed by atoms with Crippen LogP contribution in [0.4, 0.5) is 0 Å². The van der Waals surface area contributed by atoms with Crippen molar-refractivity contribution in [3.63, 3.8) is 0 Å². The Hall–Kier alpha value is -1.09. The van der Waals surface area contributed by atoms with Crippen molar-refractivity contribution in [2.75, 3.05) is 14.2 Å². The quantitative estimate of drug-likeness (QED) is 0.867. The van der Waals surface area contributed by atoms with E-state index in [9.17, 15) is 5.11 Å². The van der Waals surface area contributed by atoms with Crippen LogP contribution in [0.3, 0.4) is 0 Å². The number of hydrogen-bond acceptors (Lipinski definition) is 3. The van der Waals surface area contributed by atoms with Crippen molar-refractivity contribution in [3.8, 4) is 17.2 Å². The van der Waals surface area contributed by atoms with Crippen LogP contribution in [0.25, 0.3) is 0 Å². The zero-order valence-corrected chi connectivity index (χ0v) is 11.0. The smallest absolute Gasteiger partial charge is 0.148 e. The fraction of sp³-hybridized carbons (Fsp3) is 0.500. The zero-order chi connectivity index (χ0) is 12.5. The molecule has 0 atom stereocenters. The molecule has 0 aliphatic carbocycles. The molecule has 4 heteroatoms. The Bertz CT molecular complexity index is 394. The van der Waals surface area contributed by atoms with Gasteiger partial charge in [-0.05, 0) is 5.41 Å². The molecule has 0 radical (unpaired) electrons. The molecule has 0 aliphatic rings. The van der Waals surface area contributed by atoms with Gasteiger partial charge in [0.05, 0.1) is 14.2 Å². The van der Waals surface area contributed by atoms with E-state index in [2.05, 4.69) is 0 Å². The Morgan fingerprint density at radius 3 is 2.12 bits per heavy atom. The number of phenols is 1. The Kier molecular flexibility index (Phi) is 3.58. The molecule has 1 aromatic carbocycles. The lowest BCUT2D eigenvalue weighted by Gasteiger charge is -2.25. The maximum atomic E-state index is 9.64. The lowest BCUT2D eigenvalue weighted by molar-refractivity contribution is 0.360. The third-order valence-electron chi connectivity index (χ3n) is 2.34. The molecule has 0 aliphatic heterocycles. The second kappa shape index (κ2) is 4.42. The first-order valence-electron chi connectivity index (χ1n) is 4.96. The monoisotopic (exact) mass is 244 g/mol. The van der Waals surface area contributed by atoms with Gasteiger partial charge in [0.1, 0.15) is 22.3 Å². The van der Waals surface area contributed by atoms with E-state index in [1.165, 1.54) is 13.2 Å². The average molecular weight is 245 g/mol. The summed E-state index contributed by atoms with van der Waals surface area (Å²) in [5.74, 6) is 1.00. The van der Waals surface area contributed by atoms with Gasteiger partial charge in [0, 0.05) is 11.6 Å². The zero-order valence-electron chi connectivity index (χ0n) is 10.2. The summed E-state index contributed by atoms with van der Waals surface area (Å²) in [5, 5.41) is 9.86. The molecule has 90 valence electrons. The summed E-state index contributed by atoms with van der Waals surface area (Å²) in [5.41, 5.74) is 0.661. The van der Waals surface area contributed by atoms with Crippen molar-refractivity contribution in [2.45, 2.75) is 26.2 Å². The van der Waals surface area contributed by atoms with Crippen LogP contribution in [-0.2, 0) is 5.41 Å². The van der Waals surface area contributed by atoms with Crippen LogP contribution in [0.2, 0.25) is 5.02 Å². The Labute approximate surface area is 101 Å². The summed E-state index contributed by atoms with van der Waals surface area (Å²) in [6.07, 6.45) is 0. The maximum absolute atomic E-state index is 9.64. The van der Waals surface area contributed by atoms with Gasteiger partial charge in [-0.2, -0.15) is 0 Å². The Morgan fingerprint density at radius 1 is 1.19 bits per heavy atom. The predicted octanol–water partition coefficient (Wildman–Crippen LogP) is 3.36. The SMILES string of the molecule is COc1cc(O)c(Cl)c(OC)c1C(C)(C)C. The first kappa shape index (κ1) is 13.0. The van der Waals surface area contributed by atoms with Gasteiger partial charge in [0.2, 0.25) is 0 Å². The average Bonchev–Trinajstić information content (AvgIpc) is 2.19. The molecule has 0 amide bonds. The van der Waals surface area contributed by atoms with Gasteiger partial charge in [0.25, 0.3) is 0 Å². The third kappa shape index (κ3) is 2.19. The number of methoxy groups -OCH3 is 2. The molecule has 1 aromatic rings. The summed E-state index contributed by atoms with van der Waals surface area (Å²) in [6.45, 7) is 6.09. The van der Waals surface area contributed by atoms with Crippen LogP contribution in [0.15, 0.2) is 6.07 Å². The molecule has 0 unspecified atom stereocenters. The van der Waals surface area contributed by atoms with Crippen LogP contribution < -0.4 is 9.47 Å². The maximum Gasteiger partial charge on any atom is 0.148 e. The van der Waals surface area contributed by atoms with E-state index in [4.69, 9.17) is 21.1 Å². The third-order valence-corrected chi connectivity index (χ3v) is 2.70. The molecule has 0 heterocycles. The highest BCUT2D eigenvalue weighted by Gasteiger charge is 2.27. The number of phenolic OH excluding ortho intramolecular Hbond substituents is 1. The van der Waals surface area contributed by atoms with Gasteiger partial charge < -0.3 is 14.6 Å². The minimum atomic E-state index is -0.186. The van der Waals surface area contributed by atoms with Crippen molar-refractivity contribution in [1.29, 1.82) is 0 Å². The van der Waals surface area contributed by atoms with Crippen LogP contribution in [0.5, 0.6) is 17.2 Å². The molecule has 0 bridgehead atoms. The summed E-state index contributed by atoms with van der Waals surface area (Å²) in [6, 6.07) is 1.51. The van der Waals surface area contributed by atoms with Crippen molar-refractivity contribution >= 4 is 11.6 Å². The molecular weight excluding hydrogens is 228 g/mol. The van der Waals surface area contributed by atoms with Crippen LogP contribution >= 0.6 is 11.6 Å². The van der Waals surface area contributed by atoms with E-state index in [1.807, 2.05) is 20.8 Å². The lowest BCUT2D eigenvalue weighted by Crippen LogP contribution is -2.14. The van der Waals surface area contributed by atoms with Crippen molar-refractivity contribution in [2.24, 2.45) is 0 Å². The topological polar surface area (TPSA) is 38.7 Å². The highest BCUT2D eigenvalue weighted by molar-refractivity contribution is 6.33. The number of rotatable bonds is 2. The Morgan fingerprint density at radius 2 is 1.75 bits per heavy atom. The first-order valence-corrected chi connectivity index (χ1v) is 5.34. The molecule has 0 aromatic heterocycles. The predicted molar refractivity (Wildman–Crippen MR) is 64.9 cm³/mol. The summed E-state index contributed by atoms with van der Waals surface area (Å²) in [4.78, 5) is 0. The molecule has 16 heavy (non-hydrogen) atoms. The largest absolute Gasteiger partial charge is 0.506 e. The molecule has 3 nitrogen and oxygen atoms in total. The molecule has 0 spiro atoms. The summed E-state index contributed by atoms with van der Waals surface area (Å²) < 4.78 is 10.5. The number of hydrogen-bond donors (Lipinski definition) is 1. The molecule has 0 saturated carbocycles. The molecule has 1 N–H and O–H groups in total. The lowest BCUT2D eigenvalue weighted by atomic mass is 9.85. The number of benzene rings is 1. The van der Waals surface area contributed by atoms with E-state index < -0.39 is 0 Å². The standard InChI is InChI=1S/C12H17ClO3/c1-12(2,3)9-8(15-4)6-7(14)10(13)11(9)16-5/h6,14H,1-5H3. The minimum Gasteiger partial charge on any atom is -0.506 e. The van der Waals surface area contributed by atoms with Gasteiger partial charge in [-0.1, -0.05) is 32.4 Å². The molecule has 0 fully saturated rings. The van der Waals surface area contributed by atoms with Gasteiger partial charge in [-0.15, -0.1) is 0 Å². The first-order chi connectivity index (χ1) is 7.32. The van der Waals surface area contributed by atoms with Gasteiger partial charge in [-0.25, -0.2) is 0 Å². The van der Waals surface area contributed by atoms with E-state index in [1.54, 1.807) is 7.11 Å². The van der Waals surface area contributed by atoms with Crippen molar-refractivity contribution in [3.05, 3.63) is 16.7 Å². The summed E-state index contributed by atoms with van der Waals surface area (Å²) in [7, 11) is 3.08. The minimum absolute atomic E-state index is 0.0385. The normalized spacial score (nSPS) is 11.4. The fourth-order valence-corrected chi connectivity index (χ4v) is 1.89. The Balaban J connectivity index is 3.60. The summed E-state index contributed by atoms with van der Waals surface area (Å²) >= 11 is 6.00. The van der Waals surface area contributed by atoms with Crippen LogP contribution in [0.1, 0.15) is 26.3 Å². The molecular formula is C12H17ClO3. The fourth-order valence-electron chi connectivity index (χ4n) is 1.66. The van der Waals surface area contributed by atoms with Crippen LogP contribution in [0, 0.1) is 0 Å². The van der Waals surface area contributed by atoms with Crippen molar-refractivity contribution in [1.82, 2.24) is 0 Å². The number of aromatic hydroxyl groups is 1. The van der Waals surface area contributed by atoms with E-state index in [0.29, 0.717) is 11.5 Å². The number of ether oxygens (including phenoxy) is 2. The second-order valence-corrected chi connectivity index (χ2v) is 4.95. The van der Waals surface area contributed by atoms with Crippen LogP contribution in [-0.4, -0.2) is 19.3 Å². The molecule has 0 saturated heterocycles. The number of halogens is 1.